The van der Waals surface area contributed by atoms with Crippen molar-refractivity contribution in [3.8, 4) is 5.75 Å². The van der Waals surface area contributed by atoms with Gasteiger partial charge in [0.05, 0.1) is 0 Å². The average Bonchev–Trinajstić information content (AvgIpc) is 2.40. The number of rotatable bonds is 5. The summed E-state index contributed by atoms with van der Waals surface area (Å²) in [7, 11) is 0. The number of nitrogens with two attached hydrogens (primary N) is 1. The van der Waals surface area contributed by atoms with E-state index in [9.17, 15) is 0 Å². The molecule has 0 atom stereocenters. The SMILES string of the molecule is NCc1ccccc1OCCN1CCCCC1. The van der Waals surface area contributed by atoms with Crippen LogP contribution < -0.4 is 10.5 Å². The van der Waals surface area contributed by atoms with E-state index in [4.69, 9.17) is 10.5 Å². The molecule has 1 aliphatic heterocycles. The fourth-order valence-electron chi connectivity index (χ4n) is 2.28. The Bertz CT molecular complexity index is 335. The first kappa shape index (κ1) is 12.4. The summed E-state index contributed by atoms with van der Waals surface area (Å²) < 4.78 is 5.81. The van der Waals surface area contributed by atoms with Crippen LogP contribution in [0.1, 0.15) is 24.8 Å². The lowest BCUT2D eigenvalue weighted by molar-refractivity contribution is 0.183. The first-order valence-corrected chi connectivity index (χ1v) is 6.53. The summed E-state index contributed by atoms with van der Waals surface area (Å²) in [5.74, 6) is 0.937. The van der Waals surface area contributed by atoms with Crippen molar-refractivity contribution in [2.45, 2.75) is 25.8 Å². The van der Waals surface area contributed by atoms with Gasteiger partial charge in [0.25, 0.3) is 0 Å². The fourth-order valence-corrected chi connectivity index (χ4v) is 2.28. The molecule has 2 rings (SSSR count). The van der Waals surface area contributed by atoms with Crippen LogP contribution in [0.25, 0.3) is 0 Å². The van der Waals surface area contributed by atoms with E-state index >= 15 is 0 Å². The first-order valence-electron chi connectivity index (χ1n) is 6.53. The van der Waals surface area contributed by atoms with Crippen LogP contribution in [0.2, 0.25) is 0 Å². The van der Waals surface area contributed by atoms with Crippen LogP contribution >= 0.6 is 0 Å². The van der Waals surface area contributed by atoms with E-state index in [1.54, 1.807) is 0 Å². The van der Waals surface area contributed by atoms with Gasteiger partial charge in [-0.3, -0.25) is 4.90 Å². The van der Waals surface area contributed by atoms with Gasteiger partial charge < -0.3 is 10.5 Å². The highest BCUT2D eigenvalue weighted by Gasteiger charge is 2.09. The zero-order chi connectivity index (χ0) is 11.9. The van der Waals surface area contributed by atoms with E-state index < -0.39 is 0 Å². The molecule has 1 saturated heterocycles. The lowest BCUT2D eigenvalue weighted by Gasteiger charge is -2.26. The van der Waals surface area contributed by atoms with E-state index in [2.05, 4.69) is 4.90 Å². The van der Waals surface area contributed by atoms with Crippen LogP contribution in [0.4, 0.5) is 0 Å². The molecule has 0 aliphatic carbocycles. The summed E-state index contributed by atoms with van der Waals surface area (Å²) in [5.41, 5.74) is 6.76. The van der Waals surface area contributed by atoms with E-state index in [1.807, 2.05) is 24.3 Å². The predicted octanol–water partition coefficient (Wildman–Crippen LogP) is 2.01. The van der Waals surface area contributed by atoms with Crippen molar-refractivity contribution < 1.29 is 4.74 Å². The largest absolute Gasteiger partial charge is 0.492 e. The number of nitrogens with zero attached hydrogens (tertiary/aromatic N) is 1. The Balaban J connectivity index is 1.77. The lowest BCUT2D eigenvalue weighted by Crippen LogP contribution is -2.33. The summed E-state index contributed by atoms with van der Waals surface area (Å²) in [6, 6.07) is 8.02. The minimum absolute atomic E-state index is 0.542. The van der Waals surface area contributed by atoms with E-state index in [-0.39, 0.29) is 0 Å². The van der Waals surface area contributed by atoms with Crippen LogP contribution in [-0.2, 0) is 6.54 Å². The molecule has 17 heavy (non-hydrogen) atoms. The molecule has 1 heterocycles. The van der Waals surface area contributed by atoms with Crippen molar-refractivity contribution in [2.75, 3.05) is 26.2 Å². The van der Waals surface area contributed by atoms with Crippen molar-refractivity contribution in [3.05, 3.63) is 29.8 Å². The predicted molar refractivity (Wildman–Crippen MR) is 70.1 cm³/mol. The van der Waals surface area contributed by atoms with Gasteiger partial charge in [-0.05, 0) is 32.0 Å². The fraction of sp³-hybridized carbons (Fsp3) is 0.571. The Hall–Kier alpha value is -1.06. The molecule has 0 bridgehead atoms. The molecule has 1 aliphatic rings. The smallest absolute Gasteiger partial charge is 0.123 e. The second-order valence-corrected chi connectivity index (χ2v) is 4.56. The van der Waals surface area contributed by atoms with Crippen molar-refractivity contribution in [1.82, 2.24) is 4.90 Å². The van der Waals surface area contributed by atoms with Gasteiger partial charge >= 0.3 is 0 Å². The highest BCUT2D eigenvalue weighted by molar-refractivity contribution is 5.32. The van der Waals surface area contributed by atoms with Gasteiger partial charge in [0, 0.05) is 18.7 Å². The van der Waals surface area contributed by atoms with Crippen LogP contribution in [0.15, 0.2) is 24.3 Å². The number of benzene rings is 1. The van der Waals surface area contributed by atoms with Gasteiger partial charge in [0.1, 0.15) is 12.4 Å². The topological polar surface area (TPSA) is 38.5 Å². The Labute approximate surface area is 104 Å². The quantitative estimate of drug-likeness (QED) is 0.847. The molecule has 0 spiro atoms. The summed E-state index contributed by atoms with van der Waals surface area (Å²) >= 11 is 0. The maximum Gasteiger partial charge on any atom is 0.123 e. The summed E-state index contributed by atoms with van der Waals surface area (Å²) in [5, 5.41) is 0. The van der Waals surface area contributed by atoms with Gasteiger partial charge in [-0.1, -0.05) is 24.6 Å². The van der Waals surface area contributed by atoms with E-state index in [0.717, 1.165) is 24.5 Å². The minimum atomic E-state index is 0.542. The Morgan fingerprint density at radius 1 is 1.12 bits per heavy atom. The first-order chi connectivity index (χ1) is 8.40. The number of hydrogen-bond donors (Lipinski definition) is 1. The summed E-state index contributed by atoms with van der Waals surface area (Å²) in [6.45, 7) is 4.78. The maximum absolute atomic E-state index is 5.81. The Kier molecular flexibility index (Phi) is 4.83. The number of ether oxygens (including phenoxy) is 1. The molecule has 2 N–H and O–H groups in total. The molecule has 0 radical (unpaired) electrons. The third-order valence-corrected chi connectivity index (χ3v) is 3.31. The van der Waals surface area contributed by atoms with Gasteiger partial charge in [0.2, 0.25) is 0 Å². The minimum Gasteiger partial charge on any atom is -0.492 e. The molecule has 3 nitrogen and oxygen atoms in total. The van der Waals surface area contributed by atoms with Crippen LogP contribution in [0.3, 0.4) is 0 Å². The van der Waals surface area contributed by atoms with Gasteiger partial charge in [-0.2, -0.15) is 0 Å². The van der Waals surface area contributed by atoms with Crippen molar-refractivity contribution in [3.63, 3.8) is 0 Å². The Morgan fingerprint density at radius 3 is 2.65 bits per heavy atom. The molecule has 1 aromatic rings. The number of likely N-dealkylation sites (tertiary alicyclic amines) is 1. The zero-order valence-electron chi connectivity index (χ0n) is 10.4. The highest BCUT2D eigenvalue weighted by Crippen LogP contribution is 2.17. The Morgan fingerprint density at radius 2 is 1.88 bits per heavy atom. The molecule has 3 heteroatoms. The molecular weight excluding hydrogens is 212 g/mol. The van der Waals surface area contributed by atoms with E-state index in [0.29, 0.717) is 6.54 Å². The number of hydrogen-bond acceptors (Lipinski definition) is 3. The van der Waals surface area contributed by atoms with Crippen molar-refractivity contribution in [1.29, 1.82) is 0 Å². The summed E-state index contributed by atoms with van der Waals surface area (Å²) in [4.78, 5) is 2.48. The maximum atomic E-state index is 5.81. The molecule has 1 fully saturated rings. The summed E-state index contributed by atoms with van der Waals surface area (Å²) in [6.07, 6.45) is 4.05. The number of para-hydroxylation sites is 1. The van der Waals surface area contributed by atoms with Crippen molar-refractivity contribution >= 4 is 0 Å². The molecule has 1 aromatic carbocycles. The lowest BCUT2D eigenvalue weighted by atomic mass is 10.1. The molecular formula is C14H22N2O. The van der Waals surface area contributed by atoms with Crippen LogP contribution in [0, 0.1) is 0 Å². The second-order valence-electron chi connectivity index (χ2n) is 4.56. The molecule has 94 valence electrons. The molecule has 0 saturated carbocycles. The van der Waals surface area contributed by atoms with Gasteiger partial charge in [-0.25, -0.2) is 0 Å². The highest BCUT2D eigenvalue weighted by atomic mass is 16.5. The van der Waals surface area contributed by atoms with Crippen LogP contribution in [-0.4, -0.2) is 31.1 Å². The van der Waals surface area contributed by atoms with Crippen molar-refractivity contribution in [2.24, 2.45) is 5.73 Å². The molecule has 0 amide bonds. The third-order valence-electron chi connectivity index (χ3n) is 3.31. The number of piperidine rings is 1. The molecule has 0 aromatic heterocycles. The average molecular weight is 234 g/mol. The normalized spacial score (nSPS) is 17.0. The third kappa shape index (κ3) is 3.72. The van der Waals surface area contributed by atoms with E-state index in [1.165, 1.54) is 32.4 Å². The van der Waals surface area contributed by atoms with Crippen LogP contribution in [0.5, 0.6) is 5.75 Å². The van der Waals surface area contributed by atoms with Gasteiger partial charge in [0.15, 0.2) is 0 Å². The standard InChI is InChI=1S/C14H22N2O/c15-12-13-6-2-3-7-14(13)17-11-10-16-8-4-1-5-9-16/h2-3,6-7H,1,4-5,8-12,15H2. The zero-order valence-corrected chi connectivity index (χ0v) is 10.4. The molecule has 0 unspecified atom stereocenters. The van der Waals surface area contributed by atoms with Gasteiger partial charge in [-0.15, -0.1) is 0 Å². The second kappa shape index (κ2) is 6.62. The monoisotopic (exact) mass is 234 g/mol.